The second-order valence-electron chi connectivity index (χ2n) is 16.0. The van der Waals surface area contributed by atoms with Gasteiger partial charge in [-0.3, -0.25) is 14.5 Å². The van der Waals surface area contributed by atoms with Gasteiger partial charge in [-0.1, -0.05) is 36.7 Å². The van der Waals surface area contributed by atoms with Crippen LogP contribution in [0.3, 0.4) is 0 Å². The van der Waals surface area contributed by atoms with Crippen molar-refractivity contribution in [3.05, 3.63) is 70.3 Å². The van der Waals surface area contributed by atoms with Gasteiger partial charge in [0.05, 0.1) is 29.7 Å². The summed E-state index contributed by atoms with van der Waals surface area (Å²) in [6.07, 6.45) is 10.5. The maximum atomic E-state index is 13.6. The molecule has 1 spiro atoms. The molecular formula is C40H53ClN4O6S. The molecule has 2 aromatic rings. The summed E-state index contributed by atoms with van der Waals surface area (Å²) in [5.41, 5.74) is 2.71. The summed E-state index contributed by atoms with van der Waals surface area (Å²) in [6, 6.07) is 11.5. The minimum absolute atomic E-state index is 0.130. The van der Waals surface area contributed by atoms with Gasteiger partial charge in [0.1, 0.15) is 5.75 Å². The Bertz CT molecular complexity index is 1840. The van der Waals surface area contributed by atoms with Crippen LogP contribution in [-0.2, 0) is 31.4 Å². The maximum absolute atomic E-state index is 13.6. The lowest BCUT2D eigenvalue weighted by Crippen LogP contribution is -2.55. The summed E-state index contributed by atoms with van der Waals surface area (Å²) >= 11 is 6.48. The van der Waals surface area contributed by atoms with Gasteiger partial charge in [-0.15, -0.1) is 0 Å². The Morgan fingerprint density at radius 3 is 2.67 bits per heavy atom. The Hall–Kier alpha value is -3.12. The average Bonchev–Trinajstić information content (AvgIpc) is 3.26. The van der Waals surface area contributed by atoms with E-state index in [4.69, 9.17) is 21.1 Å². The largest absolute Gasteiger partial charge is 0.490 e. The Morgan fingerprint density at radius 2 is 1.92 bits per heavy atom. The predicted octanol–water partition coefficient (Wildman–Crippen LogP) is 5.43. The van der Waals surface area contributed by atoms with Crippen molar-refractivity contribution >= 4 is 39.1 Å². The number of hydrogen-bond donors (Lipinski definition) is 1. The first-order valence-electron chi connectivity index (χ1n) is 18.9. The summed E-state index contributed by atoms with van der Waals surface area (Å²) in [7, 11) is -0.331. The quantitative estimate of drug-likeness (QED) is 0.412. The van der Waals surface area contributed by atoms with E-state index in [0.717, 1.165) is 68.9 Å². The highest BCUT2D eigenvalue weighted by molar-refractivity contribution is 7.90. The van der Waals surface area contributed by atoms with E-state index in [-0.39, 0.29) is 34.6 Å². The SMILES string of the molecule is CO[C@@]1(CCN2CCN(C)C(=O)C2)/C=C\C[C@H](C)[C@@H](C)S(=O)(=O)NC(=O)c2ccc3c(c2)N(C[C@@H]2CC[C@H]21)C[C@@]1(CCCc2cc(Cl)ccc21)CO3. The van der Waals surface area contributed by atoms with Crippen molar-refractivity contribution in [3.63, 3.8) is 0 Å². The zero-order valence-corrected chi connectivity index (χ0v) is 32.5. The minimum atomic E-state index is -3.98. The molecule has 282 valence electrons. The van der Waals surface area contributed by atoms with E-state index >= 15 is 0 Å². The third kappa shape index (κ3) is 7.10. The maximum Gasteiger partial charge on any atom is 0.264 e. The molecule has 3 aliphatic heterocycles. The molecule has 2 aromatic carbocycles. The molecule has 12 heteroatoms. The number of amides is 2. The first-order valence-corrected chi connectivity index (χ1v) is 20.8. The third-order valence-electron chi connectivity index (χ3n) is 13.0. The van der Waals surface area contributed by atoms with Gasteiger partial charge in [0.2, 0.25) is 15.9 Å². The van der Waals surface area contributed by atoms with Gasteiger partial charge in [0.25, 0.3) is 5.91 Å². The van der Waals surface area contributed by atoms with Crippen LogP contribution in [0.15, 0.2) is 48.6 Å². The second kappa shape index (κ2) is 14.6. The summed E-state index contributed by atoms with van der Waals surface area (Å²) in [4.78, 5) is 32.6. The third-order valence-corrected chi connectivity index (χ3v) is 15.1. The van der Waals surface area contributed by atoms with Crippen molar-refractivity contribution in [2.75, 3.05) is 64.9 Å². The number of hydrogen-bond acceptors (Lipinski definition) is 8. The Labute approximate surface area is 313 Å². The van der Waals surface area contributed by atoms with E-state index in [2.05, 4.69) is 38.8 Å². The number of ether oxygens (including phenoxy) is 2. The number of carbonyl (C=O) groups excluding carboxylic acids is 2. The molecule has 2 aliphatic carbocycles. The summed E-state index contributed by atoms with van der Waals surface area (Å²) in [6.45, 7) is 8.12. The van der Waals surface area contributed by atoms with Gasteiger partial charge in [-0.05, 0) is 111 Å². The molecule has 2 fully saturated rings. The van der Waals surface area contributed by atoms with Crippen molar-refractivity contribution in [1.82, 2.24) is 14.5 Å². The van der Waals surface area contributed by atoms with Crippen molar-refractivity contribution < 1.29 is 27.5 Å². The topological polar surface area (TPSA) is 108 Å². The summed E-state index contributed by atoms with van der Waals surface area (Å²) in [5, 5.41) is -0.0747. The van der Waals surface area contributed by atoms with Crippen molar-refractivity contribution in [1.29, 1.82) is 0 Å². The zero-order valence-electron chi connectivity index (χ0n) is 30.9. The molecular weight excluding hydrogens is 700 g/mol. The first-order chi connectivity index (χ1) is 24.8. The molecule has 3 heterocycles. The first kappa shape index (κ1) is 37.2. The van der Waals surface area contributed by atoms with Crippen LogP contribution in [0.5, 0.6) is 5.75 Å². The molecule has 2 bridgehead atoms. The number of piperazine rings is 1. The van der Waals surface area contributed by atoms with Crippen molar-refractivity contribution in [3.8, 4) is 5.75 Å². The lowest BCUT2D eigenvalue weighted by atomic mass is 9.63. The fourth-order valence-electron chi connectivity index (χ4n) is 9.27. The fraction of sp³-hybridized carbons (Fsp3) is 0.600. The Balaban J connectivity index is 1.28. The van der Waals surface area contributed by atoms with Crippen LogP contribution in [0, 0.1) is 17.8 Å². The molecule has 7 rings (SSSR count). The smallest absolute Gasteiger partial charge is 0.264 e. The van der Waals surface area contributed by atoms with Gasteiger partial charge in [0.15, 0.2) is 0 Å². The molecule has 1 N–H and O–H groups in total. The Kier molecular flexibility index (Phi) is 10.5. The molecule has 0 aromatic heterocycles. The molecule has 1 saturated carbocycles. The highest BCUT2D eigenvalue weighted by atomic mass is 35.5. The van der Waals surface area contributed by atoms with Crippen LogP contribution >= 0.6 is 11.6 Å². The monoisotopic (exact) mass is 752 g/mol. The van der Waals surface area contributed by atoms with Gasteiger partial charge in [0, 0.05) is 62.9 Å². The highest BCUT2D eigenvalue weighted by Gasteiger charge is 2.49. The summed E-state index contributed by atoms with van der Waals surface area (Å²) < 4.78 is 42.7. The number of anilines is 1. The number of rotatable bonds is 4. The molecule has 10 nitrogen and oxygen atoms in total. The van der Waals surface area contributed by atoms with Gasteiger partial charge < -0.3 is 19.3 Å². The fourth-order valence-corrected chi connectivity index (χ4v) is 10.8. The number of fused-ring (bicyclic) bond motifs is 4. The van der Waals surface area contributed by atoms with E-state index in [1.54, 1.807) is 25.0 Å². The van der Waals surface area contributed by atoms with Crippen LogP contribution in [0.4, 0.5) is 5.69 Å². The normalized spacial score (nSPS) is 32.9. The van der Waals surface area contributed by atoms with E-state index in [0.29, 0.717) is 38.4 Å². The van der Waals surface area contributed by atoms with Crippen LogP contribution in [0.25, 0.3) is 0 Å². The zero-order chi connectivity index (χ0) is 36.8. The van der Waals surface area contributed by atoms with E-state index in [9.17, 15) is 18.0 Å². The molecule has 1 saturated heterocycles. The molecule has 52 heavy (non-hydrogen) atoms. The Morgan fingerprint density at radius 1 is 1.10 bits per heavy atom. The predicted molar refractivity (Wildman–Crippen MR) is 204 cm³/mol. The number of methoxy groups -OCH3 is 1. The molecule has 2 amide bonds. The van der Waals surface area contributed by atoms with E-state index < -0.39 is 26.8 Å². The average molecular weight is 753 g/mol. The molecule has 6 atom stereocenters. The van der Waals surface area contributed by atoms with Crippen molar-refractivity contribution in [2.45, 2.75) is 75.1 Å². The van der Waals surface area contributed by atoms with Crippen molar-refractivity contribution in [2.24, 2.45) is 17.8 Å². The number of carbonyl (C=O) groups is 2. The molecule has 0 unspecified atom stereocenters. The van der Waals surface area contributed by atoms with E-state index in [1.165, 1.54) is 11.1 Å². The number of aryl methyl sites for hydroxylation is 1. The lowest BCUT2D eigenvalue weighted by molar-refractivity contribution is -0.135. The standard InChI is InChI=1S/C40H53ClN4O6S/c1-27-7-5-16-40(50-4,17-18-44-20-19-43(3)37(46)24-44)34-12-9-31(34)23-45-25-39(15-6-8-29-21-32(41)11-13-33(29)39)26-51-36-14-10-30(22-35(36)45)38(47)42-52(48,49)28(27)2/h5,10-11,13-14,16,21-22,27-28,31,34H,6-9,12,15,17-20,23-26H2,1-4H3,(H,42,47)/b16-5-/t27-,28+,31-,34+,39-,40+/m0/s1. The molecule has 0 radical (unpaired) electrons. The van der Waals surface area contributed by atoms with Crippen LogP contribution in [0.2, 0.25) is 5.02 Å². The van der Waals surface area contributed by atoms with Crippen LogP contribution in [-0.4, -0.2) is 101 Å². The lowest BCUT2D eigenvalue weighted by Gasteiger charge is -2.51. The number of halogens is 1. The highest BCUT2D eigenvalue weighted by Crippen LogP contribution is 2.50. The number of nitrogens with zero attached hydrogens (tertiary/aromatic N) is 3. The number of likely N-dealkylation sites (N-methyl/N-ethyl adjacent to an activating group) is 1. The second-order valence-corrected chi connectivity index (χ2v) is 18.5. The minimum Gasteiger partial charge on any atom is -0.490 e. The van der Waals surface area contributed by atoms with Crippen LogP contribution in [0.1, 0.15) is 73.9 Å². The number of benzene rings is 2. The summed E-state index contributed by atoms with van der Waals surface area (Å²) in [5.74, 6) is 0.422. The number of allylic oxidation sites excluding steroid dienone is 1. The van der Waals surface area contributed by atoms with Gasteiger partial charge >= 0.3 is 0 Å². The van der Waals surface area contributed by atoms with E-state index in [1.807, 2.05) is 32.2 Å². The van der Waals surface area contributed by atoms with Gasteiger partial charge in [-0.25, -0.2) is 13.1 Å². The molecule has 5 aliphatic rings. The number of nitrogens with one attached hydrogen (secondary N) is 1. The van der Waals surface area contributed by atoms with Crippen LogP contribution < -0.4 is 14.4 Å². The van der Waals surface area contributed by atoms with Gasteiger partial charge in [-0.2, -0.15) is 0 Å². The number of sulfonamides is 1.